The summed E-state index contributed by atoms with van der Waals surface area (Å²) in [6.07, 6.45) is 3.41. The van der Waals surface area contributed by atoms with Gasteiger partial charge in [-0.15, -0.1) is 0 Å². The first-order chi connectivity index (χ1) is 6.15. The molecule has 2 N–H and O–H groups in total. The van der Waals surface area contributed by atoms with Crippen LogP contribution in [0.15, 0.2) is 23.5 Å². The van der Waals surface area contributed by atoms with Gasteiger partial charge < -0.3 is 15.4 Å². The monoisotopic (exact) mass is 182 g/mol. The molecule has 72 valence electrons. The van der Waals surface area contributed by atoms with Gasteiger partial charge >= 0.3 is 5.97 Å². The van der Waals surface area contributed by atoms with Crippen molar-refractivity contribution in [1.29, 1.82) is 0 Å². The highest BCUT2D eigenvalue weighted by Crippen LogP contribution is 2.10. The number of esters is 1. The molecular formula is C9H14N2O2. The third-order valence-electron chi connectivity index (χ3n) is 1.84. The van der Waals surface area contributed by atoms with Crippen LogP contribution in [0.5, 0.6) is 0 Å². The van der Waals surface area contributed by atoms with E-state index in [-0.39, 0.29) is 5.97 Å². The number of hydrogen-bond donors (Lipinski definition) is 1. The third-order valence-corrected chi connectivity index (χ3v) is 1.84. The Morgan fingerprint density at radius 3 is 2.92 bits per heavy atom. The van der Waals surface area contributed by atoms with Gasteiger partial charge in [-0.2, -0.15) is 0 Å². The number of carbonyl (C=O) groups excluding carboxylic acids is 1. The summed E-state index contributed by atoms with van der Waals surface area (Å²) < 4.78 is 4.86. The molecule has 0 aromatic rings. The maximum absolute atomic E-state index is 11.3. The minimum absolute atomic E-state index is 0.266. The first-order valence-corrected chi connectivity index (χ1v) is 4.19. The lowest BCUT2D eigenvalue weighted by molar-refractivity contribution is -0.138. The van der Waals surface area contributed by atoms with Gasteiger partial charge in [0.15, 0.2) is 0 Å². The molecule has 1 rings (SSSR count). The predicted octanol–water partition coefficient (Wildman–Crippen LogP) is 0.221. The Bertz CT molecular complexity index is 269. The Hall–Kier alpha value is -1.45. The Kier molecular flexibility index (Phi) is 2.95. The van der Waals surface area contributed by atoms with Gasteiger partial charge in [-0.1, -0.05) is 0 Å². The van der Waals surface area contributed by atoms with E-state index in [1.165, 1.54) is 0 Å². The summed E-state index contributed by atoms with van der Waals surface area (Å²) in [6, 6.07) is 0. The molecule has 0 spiro atoms. The highest BCUT2D eigenvalue weighted by atomic mass is 16.5. The molecule has 4 heteroatoms. The molecule has 0 radical (unpaired) electrons. The van der Waals surface area contributed by atoms with Crippen molar-refractivity contribution in [3.05, 3.63) is 23.5 Å². The van der Waals surface area contributed by atoms with Crippen LogP contribution >= 0.6 is 0 Å². The quantitative estimate of drug-likeness (QED) is 0.621. The fourth-order valence-corrected chi connectivity index (χ4v) is 1.07. The van der Waals surface area contributed by atoms with Gasteiger partial charge in [-0.05, 0) is 19.1 Å². The van der Waals surface area contributed by atoms with Crippen LogP contribution in [0.3, 0.4) is 0 Å². The normalized spacial score (nSPS) is 16.3. The number of likely N-dealkylation sites (N-methyl/N-ethyl adjacent to an activating group) is 1. The number of carbonyl (C=O) groups is 1. The van der Waals surface area contributed by atoms with Crippen molar-refractivity contribution < 1.29 is 9.53 Å². The maximum Gasteiger partial charge on any atom is 0.335 e. The smallest absolute Gasteiger partial charge is 0.335 e. The van der Waals surface area contributed by atoms with E-state index in [0.717, 1.165) is 0 Å². The van der Waals surface area contributed by atoms with E-state index in [9.17, 15) is 4.79 Å². The molecule has 4 nitrogen and oxygen atoms in total. The largest absolute Gasteiger partial charge is 0.463 e. The van der Waals surface area contributed by atoms with Crippen LogP contribution in [0.2, 0.25) is 0 Å². The van der Waals surface area contributed by atoms with E-state index in [2.05, 4.69) is 0 Å². The Balaban J connectivity index is 2.68. The number of nitrogens with two attached hydrogens (primary N) is 1. The van der Waals surface area contributed by atoms with Crippen LogP contribution in [0.1, 0.15) is 6.92 Å². The summed E-state index contributed by atoms with van der Waals surface area (Å²) in [6.45, 7) is 2.70. The van der Waals surface area contributed by atoms with Crippen molar-refractivity contribution in [2.24, 2.45) is 5.73 Å². The van der Waals surface area contributed by atoms with E-state index in [4.69, 9.17) is 10.5 Å². The standard InChI is InChI=1S/C9H14N2O2/c1-3-13-9(12)7-4-5-8(10)11(2)6-7/h4-5H,3,6,10H2,1-2H3. The fourth-order valence-electron chi connectivity index (χ4n) is 1.07. The lowest BCUT2D eigenvalue weighted by Crippen LogP contribution is -2.30. The van der Waals surface area contributed by atoms with E-state index in [1.807, 2.05) is 7.05 Å². The summed E-state index contributed by atoms with van der Waals surface area (Å²) in [5, 5.41) is 0. The van der Waals surface area contributed by atoms with Gasteiger partial charge in [0.2, 0.25) is 0 Å². The van der Waals surface area contributed by atoms with Gasteiger partial charge in [-0.25, -0.2) is 4.79 Å². The van der Waals surface area contributed by atoms with Gasteiger partial charge in [0.25, 0.3) is 0 Å². The van der Waals surface area contributed by atoms with Crippen LogP contribution in [0.25, 0.3) is 0 Å². The average molecular weight is 182 g/mol. The molecule has 1 heterocycles. The van der Waals surface area contributed by atoms with Gasteiger partial charge in [0, 0.05) is 7.05 Å². The maximum atomic E-state index is 11.3. The Morgan fingerprint density at radius 2 is 2.38 bits per heavy atom. The third kappa shape index (κ3) is 2.24. The molecule has 0 saturated heterocycles. The summed E-state index contributed by atoms with van der Waals surface area (Å²) in [5.41, 5.74) is 6.24. The first-order valence-electron chi connectivity index (χ1n) is 4.19. The second kappa shape index (κ2) is 3.98. The van der Waals surface area contributed by atoms with Gasteiger partial charge in [0.1, 0.15) is 0 Å². The fraction of sp³-hybridized carbons (Fsp3) is 0.444. The molecule has 0 amide bonds. The average Bonchev–Trinajstić information content (AvgIpc) is 2.10. The summed E-state index contributed by atoms with van der Waals surface area (Å²) in [4.78, 5) is 13.1. The number of ether oxygens (including phenoxy) is 1. The predicted molar refractivity (Wildman–Crippen MR) is 49.6 cm³/mol. The number of allylic oxidation sites excluding steroid dienone is 2. The van der Waals surface area contributed by atoms with Crippen molar-refractivity contribution in [3.63, 3.8) is 0 Å². The van der Waals surface area contributed by atoms with Crippen LogP contribution < -0.4 is 5.73 Å². The molecule has 0 aromatic carbocycles. The van der Waals surface area contributed by atoms with Gasteiger partial charge in [0.05, 0.1) is 24.5 Å². The molecule has 0 unspecified atom stereocenters. The molecule has 0 saturated carbocycles. The summed E-state index contributed by atoms with van der Waals surface area (Å²) >= 11 is 0. The molecule has 0 atom stereocenters. The molecule has 0 aliphatic carbocycles. The minimum atomic E-state index is -0.266. The second-order valence-electron chi connectivity index (χ2n) is 2.86. The molecule has 0 fully saturated rings. The van der Waals surface area contributed by atoms with Crippen molar-refractivity contribution in [2.75, 3.05) is 20.2 Å². The number of nitrogens with zero attached hydrogens (tertiary/aromatic N) is 1. The van der Waals surface area contributed by atoms with Crippen molar-refractivity contribution >= 4 is 5.97 Å². The lowest BCUT2D eigenvalue weighted by Gasteiger charge is -2.23. The van der Waals surface area contributed by atoms with Gasteiger partial charge in [-0.3, -0.25) is 0 Å². The molecular weight excluding hydrogens is 168 g/mol. The molecule has 13 heavy (non-hydrogen) atoms. The summed E-state index contributed by atoms with van der Waals surface area (Å²) in [5.74, 6) is 0.395. The van der Waals surface area contributed by atoms with E-state index < -0.39 is 0 Å². The Labute approximate surface area is 77.6 Å². The second-order valence-corrected chi connectivity index (χ2v) is 2.86. The zero-order valence-corrected chi connectivity index (χ0v) is 7.91. The Morgan fingerprint density at radius 1 is 1.69 bits per heavy atom. The van der Waals surface area contributed by atoms with Crippen LogP contribution in [0, 0.1) is 0 Å². The number of rotatable bonds is 2. The molecule has 1 aliphatic rings. The lowest BCUT2D eigenvalue weighted by atomic mass is 10.2. The van der Waals surface area contributed by atoms with E-state index in [0.29, 0.717) is 24.5 Å². The van der Waals surface area contributed by atoms with E-state index >= 15 is 0 Å². The summed E-state index contributed by atoms with van der Waals surface area (Å²) in [7, 11) is 1.83. The SMILES string of the molecule is CCOC(=O)C1=CC=C(N)N(C)C1. The first kappa shape index (κ1) is 9.64. The minimum Gasteiger partial charge on any atom is -0.463 e. The topological polar surface area (TPSA) is 55.6 Å². The molecule has 0 bridgehead atoms. The van der Waals surface area contributed by atoms with Crippen LogP contribution in [0.4, 0.5) is 0 Å². The van der Waals surface area contributed by atoms with Crippen molar-refractivity contribution in [1.82, 2.24) is 4.90 Å². The highest BCUT2D eigenvalue weighted by Gasteiger charge is 2.15. The highest BCUT2D eigenvalue weighted by molar-refractivity contribution is 5.89. The van der Waals surface area contributed by atoms with Crippen LogP contribution in [-0.2, 0) is 9.53 Å². The number of hydrogen-bond acceptors (Lipinski definition) is 4. The van der Waals surface area contributed by atoms with E-state index in [1.54, 1.807) is 24.0 Å². The van der Waals surface area contributed by atoms with Crippen molar-refractivity contribution in [2.45, 2.75) is 6.92 Å². The molecule has 0 aromatic heterocycles. The van der Waals surface area contributed by atoms with Crippen LogP contribution in [-0.4, -0.2) is 31.1 Å². The van der Waals surface area contributed by atoms with Crippen molar-refractivity contribution in [3.8, 4) is 0 Å². The zero-order chi connectivity index (χ0) is 9.84. The molecule has 1 aliphatic heterocycles. The zero-order valence-electron chi connectivity index (χ0n) is 7.91.